The van der Waals surface area contributed by atoms with E-state index in [1.165, 1.54) is 0 Å². The van der Waals surface area contributed by atoms with Crippen LogP contribution in [0.15, 0.2) is 28.7 Å². The van der Waals surface area contributed by atoms with Crippen LogP contribution in [0.2, 0.25) is 0 Å². The van der Waals surface area contributed by atoms with Gasteiger partial charge in [0.1, 0.15) is 0 Å². The van der Waals surface area contributed by atoms with Crippen LogP contribution in [-0.4, -0.2) is 36.1 Å². The third-order valence-electron chi connectivity index (χ3n) is 3.21. The maximum atomic E-state index is 12.1. The molecule has 0 heterocycles. The average molecular weight is 365 g/mol. The molecule has 0 aliphatic heterocycles. The van der Waals surface area contributed by atoms with Gasteiger partial charge in [0.25, 0.3) is 0 Å². The molecule has 1 aliphatic carbocycles. The molecule has 1 N–H and O–H groups in total. The van der Waals surface area contributed by atoms with Gasteiger partial charge in [-0.1, -0.05) is 34.1 Å². The molecule has 1 aromatic carbocycles. The lowest BCUT2D eigenvalue weighted by molar-refractivity contribution is -0.135. The number of carbonyl (C=O) groups is 1. The van der Waals surface area contributed by atoms with Crippen molar-refractivity contribution in [2.75, 3.05) is 13.1 Å². The number of halogens is 4. The molecule has 3 nitrogen and oxygen atoms in total. The van der Waals surface area contributed by atoms with E-state index in [0.29, 0.717) is 6.54 Å². The normalized spacial score (nSPS) is 15.0. The summed E-state index contributed by atoms with van der Waals surface area (Å²) in [5.41, 5.74) is 0.952. The van der Waals surface area contributed by atoms with Gasteiger partial charge in [-0.25, -0.2) is 0 Å². The van der Waals surface area contributed by atoms with Crippen molar-refractivity contribution in [2.45, 2.75) is 31.6 Å². The van der Waals surface area contributed by atoms with Gasteiger partial charge < -0.3 is 10.2 Å². The molecule has 0 radical (unpaired) electrons. The van der Waals surface area contributed by atoms with Gasteiger partial charge in [-0.2, -0.15) is 13.2 Å². The molecule has 21 heavy (non-hydrogen) atoms. The Kier molecular flexibility index (Phi) is 5.27. The van der Waals surface area contributed by atoms with Crippen LogP contribution in [0.25, 0.3) is 0 Å². The van der Waals surface area contributed by atoms with Gasteiger partial charge in [-0.15, -0.1) is 0 Å². The number of amides is 1. The summed E-state index contributed by atoms with van der Waals surface area (Å²) in [5.74, 6) is -0.294. The van der Waals surface area contributed by atoms with Crippen molar-refractivity contribution in [3.05, 3.63) is 34.3 Å². The van der Waals surface area contributed by atoms with Crippen molar-refractivity contribution in [3.63, 3.8) is 0 Å². The molecule has 1 aliphatic rings. The van der Waals surface area contributed by atoms with E-state index in [2.05, 4.69) is 21.2 Å². The highest BCUT2D eigenvalue weighted by atomic mass is 79.9. The third-order valence-corrected chi connectivity index (χ3v) is 3.98. The lowest BCUT2D eigenvalue weighted by Crippen LogP contribution is -2.41. The minimum atomic E-state index is -4.30. The van der Waals surface area contributed by atoms with Gasteiger partial charge >= 0.3 is 6.18 Å². The van der Waals surface area contributed by atoms with Crippen molar-refractivity contribution >= 4 is 21.8 Å². The van der Waals surface area contributed by atoms with E-state index < -0.39 is 12.7 Å². The van der Waals surface area contributed by atoms with Crippen molar-refractivity contribution < 1.29 is 18.0 Å². The zero-order valence-electron chi connectivity index (χ0n) is 11.3. The van der Waals surface area contributed by atoms with Gasteiger partial charge in [-0.05, 0) is 24.5 Å². The number of hydrogen-bond acceptors (Lipinski definition) is 2. The monoisotopic (exact) mass is 364 g/mol. The van der Waals surface area contributed by atoms with Crippen LogP contribution in [0.5, 0.6) is 0 Å². The molecule has 0 aromatic heterocycles. The van der Waals surface area contributed by atoms with Gasteiger partial charge in [0.05, 0.1) is 13.1 Å². The molecule has 0 spiro atoms. The van der Waals surface area contributed by atoms with Crippen LogP contribution in [0.4, 0.5) is 13.2 Å². The Morgan fingerprint density at radius 3 is 2.57 bits per heavy atom. The molecule has 1 amide bonds. The second-order valence-electron chi connectivity index (χ2n) is 5.06. The van der Waals surface area contributed by atoms with Gasteiger partial charge in [-0.3, -0.25) is 4.79 Å². The smallest absolute Gasteiger partial charge is 0.334 e. The highest BCUT2D eigenvalue weighted by molar-refractivity contribution is 9.10. The highest BCUT2D eigenvalue weighted by Gasteiger charge is 2.33. The summed E-state index contributed by atoms with van der Waals surface area (Å²) in [4.78, 5) is 13.8. The molecular formula is C14H16BrF3N2O. The second kappa shape index (κ2) is 6.79. The van der Waals surface area contributed by atoms with E-state index in [0.717, 1.165) is 22.9 Å². The Bertz CT molecular complexity index is 503. The summed E-state index contributed by atoms with van der Waals surface area (Å²) in [6, 6.07) is 7.68. The summed E-state index contributed by atoms with van der Waals surface area (Å²) in [7, 11) is 0. The molecule has 1 saturated carbocycles. The first kappa shape index (κ1) is 16.3. The number of nitrogens with one attached hydrogen (secondary N) is 1. The summed E-state index contributed by atoms with van der Waals surface area (Å²) < 4.78 is 37.1. The minimum Gasteiger partial charge on any atom is -0.334 e. The standard InChI is InChI=1S/C14H16BrF3N2O/c15-12-4-2-1-3-10(12)8-20(11-5-6-11)13(21)7-19-9-14(16,17)18/h1-4,11,19H,5-9H2. The maximum Gasteiger partial charge on any atom is 0.401 e. The van der Waals surface area contributed by atoms with Crippen molar-refractivity contribution in [1.29, 1.82) is 0 Å². The Morgan fingerprint density at radius 2 is 2.00 bits per heavy atom. The zero-order valence-corrected chi connectivity index (χ0v) is 12.9. The van der Waals surface area contributed by atoms with E-state index in [-0.39, 0.29) is 18.5 Å². The van der Waals surface area contributed by atoms with Crippen LogP contribution >= 0.6 is 15.9 Å². The average Bonchev–Trinajstić information content (AvgIpc) is 3.20. The Morgan fingerprint density at radius 1 is 1.33 bits per heavy atom. The fourth-order valence-electron chi connectivity index (χ4n) is 2.03. The topological polar surface area (TPSA) is 32.3 Å². The summed E-state index contributed by atoms with van der Waals surface area (Å²) in [6.45, 7) is -1.02. The summed E-state index contributed by atoms with van der Waals surface area (Å²) in [5, 5.41) is 2.16. The number of hydrogen-bond donors (Lipinski definition) is 1. The van der Waals surface area contributed by atoms with Crippen LogP contribution in [0, 0.1) is 0 Å². The summed E-state index contributed by atoms with van der Waals surface area (Å²) >= 11 is 3.42. The second-order valence-corrected chi connectivity index (χ2v) is 5.92. The molecule has 1 aromatic rings. The van der Waals surface area contributed by atoms with Gasteiger partial charge in [0.2, 0.25) is 5.91 Å². The lowest BCUT2D eigenvalue weighted by atomic mass is 10.2. The fraction of sp³-hybridized carbons (Fsp3) is 0.500. The number of carbonyl (C=O) groups excluding carboxylic acids is 1. The fourth-order valence-corrected chi connectivity index (χ4v) is 2.44. The molecule has 7 heteroatoms. The van der Waals surface area contributed by atoms with Crippen LogP contribution < -0.4 is 5.32 Å². The molecule has 1 fully saturated rings. The molecule has 0 bridgehead atoms. The molecule has 116 valence electrons. The minimum absolute atomic E-state index is 0.150. The molecule has 0 atom stereocenters. The van der Waals surface area contributed by atoms with Gasteiger partial charge in [0, 0.05) is 17.1 Å². The van der Waals surface area contributed by atoms with Crippen LogP contribution in [0.1, 0.15) is 18.4 Å². The summed E-state index contributed by atoms with van der Waals surface area (Å²) in [6.07, 6.45) is -2.47. The molecule has 0 unspecified atom stereocenters. The van der Waals surface area contributed by atoms with E-state index in [4.69, 9.17) is 0 Å². The third kappa shape index (κ3) is 5.32. The van der Waals surface area contributed by atoms with Crippen LogP contribution in [-0.2, 0) is 11.3 Å². The first-order valence-corrected chi connectivity index (χ1v) is 7.46. The largest absolute Gasteiger partial charge is 0.401 e. The zero-order chi connectivity index (χ0) is 15.5. The molecular weight excluding hydrogens is 349 g/mol. The van der Waals surface area contributed by atoms with Gasteiger partial charge in [0.15, 0.2) is 0 Å². The van der Waals surface area contributed by atoms with E-state index in [1.54, 1.807) is 4.90 Å². The SMILES string of the molecule is O=C(CNCC(F)(F)F)N(Cc1ccccc1Br)C1CC1. The molecule has 2 rings (SSSR count). The van der Waals surface area contributed by atoms with E-state index >= 15 is 0 Å². The Balaban J connectivity index is 1.93. The number of nitrogens with zero attached hydrogens (tertiary/aromatic N) is 1. The molecule has 0 saturated heterocycles. The first-order chi connectivity index (χ1) is 9.87. The van der Waals surface area contributed by atoms with E-state index in [9.17, 15) is 18.0 Å². The Labute approximate surface area is 129 Å². The number of benzene rings is 1. The number of alkyl halides is 3. The van der Waals surface area contributed by atoms with E-state index in [1.807, 2.05) is 24.3 Å². The van der Waals surface area contributed by atoms with Crippen LogP contribution in [0.3, 0.4) is 0 Å². The van der Waals surface area contributed by atoms with Crippen molar-refractivity contribution in [2.24, 2.45) is 0 Å². The highest BCUT2D eigenvalue weighted by Crippen LogP contribution is 2.29. The maximum absolute atomic E-state index is 12.1. The quantitative estimate of drug-likeness (QED) is 0.841. The Hall–Kier alpha value is -1.08. The predicted octanol–water partition coefficient (Wildman–Crippen LogP) is 3.09. The number of rotatable bonds is 6. The van der Waals surface area contributed by atoms with Crippen molar-refractivity contribution in [1.82, 2.24) is 10.2 Å². The first-order valence-electron chi connectivity index (χ1n) is 6.67. The predicted molar refractivity (Wildman–Crippen MR) is 76.6 cm³/mol. The van der Waals surface area contributed by atoms with Crippen molar-refractivity contribution in [3.8, 4) is 0 Å². The lowest BCUT2D eigenvalue weighted by Gasteiger charge is -2.23.